The first-order chi connectivity index (χ1) is 10.5. The second-order valence-electron chi connectivity index (χ2n) is 5.32. The number of hydrogen-bond acceptors (Lipinski definition) is 3. The number of carbonyl (C=O) groups excluding carboxylic acids is 2. The molecule has 1 fully saturated rings. The lowest BCUT2D eigenvalue weighted by molar-refractivity contribution is -0.125. The van der Waals surface area contributed by atoms with E-state index >= 15 is 0 Å². The summed E-state index contributed by atoms with van der Waals surface area (Å²) in [5, 5.41) is 0. The van der Waals surface area contributed by atoms with Crippen LogP contribution in [0.2, 0.25) is 0 Å². The first-order valence-electron chi connectivity index (χ1n) is 6.85. The fourth-order valence-corrected chi connectivity index (χ4v) is 3.47. The maximum absolute atomic E-state index is 13.0. The molecule has 3 rings (SSSR count). The molecule has 0 unspecified atom stereocenters. The molecule has 1 aromatic carbocycles. The average molecular weight is 318 g/mol. The van der Waals surface area contributed by atoms with Crippen LogP contribution in [0.3, 0.4) is 0 Å². The Labute approximate surface area is 131 Å². The minimum Gasteiger partial charge on any atom is -0.326 e. The van der Waals surface area contributed by atoms with Crippen LogP contribution in [0.4, 0.5) is 4.39 Å². The maximum atomic E-state index is 13.0. The van der Waals surface area contributed by atoms with Crippen LogP contribution in [0.1, 0.15) is 14.5 Å². The van der Waals surface area contributed by atoms with Gasteiger partial charge in [0, 0.05) is 11.9 Å². The zero-order valence-corrected chi connectivity index (χ0v) is 13.1. The second-order valence-corrected chi connectivity index (χ2v) is 6.58. The van der Waals surface area contributed by atoms with Gasteiger partial charge in [-0.1, -0.05) is 12.1 Å². The fourth-order valence-electron chi connectivity index (χ4n) is 2.46. The highest BCUT2D eigenvalue weighted by atomic mass is 32.1. The van der Waals surface area contributed by atoms with Crippen LogP contribution in [0.15, 0.2) is 30.3 Å². The van der Waals surface area contributed by atoms with E-state index in [2.05, 4.69) is 0 Å². The summed E-state index contributed by atoms with van der Waals surface area (Å²) in [4.78, 5) is 28.7. The molecule has 2 heterocycles. The second kappa shape index (κ2) is 5.53. The number of halogens is 1. The summed E-state index contributed by atoms with van der Waals surface area (Å²) in [6.45, 7) is 2.38. The predicted molar refractivity (Wildman–Crippen MR) is 83.1 cm³/mol. The molecule has 2 amide bonds. The van der Waals surface area contributed by atoms with Crippen molar-refractivity contribution in [2.75, 3.05) is 20.3 Å². The van der Waals surface area contributed by atoms with Crippen LogP contribution in [-0.2, 0) is 4.79 Å². The van der Waals surface area contributed by atoms with Crippen LogP contribution in [-0.4, -0.2) is 41.9 Å². The average Bonchev–Trinajstić information content (AvgIpc) is 3.03. The van der Waals surface area contributed by atoms with Crippen LogP contribution >= 0.6 is 11.3 Å². The van der Waals surface area contributed by atoms with E-state index < -0.39 is 0 Å². The van der Waals surface area contributed by atoms with Gasteiger partial charge in [-0.15, -0.1) is 11.3 Å². The number of nitrogens with zero attached hydrogens (tertiary/aromatic N) is 2. The van der Waals surface area contributed by atoms with E-state index in [1.807, 2.05) is 13.0 Å². The third kappa shape index (κ3) is 2.62. The van der Waals surface area contributed by atoms with Crippen molar-refractivity contribution in [2.45, 2.75) is 6.92 Å². The predicted octanol–water partition coefficient (Wildman–Crippen LogP) is 2.73. The molecule has 114 valence electrons. The lowest BCUT2D eigenvalue weighted by Crippen LogP contribution is -2.29. The van der Waals surface area contributed by atoms with E-state index in [1.54, 1.807) is 19.2 Å². The summed E-state index contributed by atoms with van der Waals surface area (Å²) in [5.74, 6) is -0.480. The third-order valence-electron chi connectivity index (χ3n) is 3.71. The summed E-state index contributed by atoms with van der Waals surface area (Å²) in [6.07, 6.45) is 0. The van der Waals surface area contributed by atoms with Gasteiger partial charge in [-0.05, 0) is 36.2 Å². The molecular weight excluding hydrogens is 303 g/mol. The number of thiophene rings is 1. The van der Waals surface area contributed by atoms with Gasteiger partial charge in [-0.25, -0.2) is 4.39 Å². The highest BCUT2D eigenvalue weighted by Crippen LogP contribution is 2.32. The summed E-state index contributed by atoms with van der Waals surface area (Å²) in [7, 11) is 1.68. The Balaban J connectivity index is 1.87. The number of amides is 2. The highest BCUT2D eigenvalue weighted by Gasteiger charge is 2.29. The normalized spacial score (nSPS) is 14.8. The molecule has 0 aliphatic carbocycles. The van der Waals surface area contributed by atoms with Gasteiger partial charge < -0.3 is 9.80 Å². The standard InChI is InChI=1S/C16H15FN2O2S/c1-10-13(11-3-5-12(17)6-4-11)7-14(22-10)16(21)19-8-15(20)18(2)9-19/h3-7H,8-9H2,1-2H3. The Morgan fingerprint density at radius 3 is 2.55 bits per heavy atom. The van der Waals surface area contributed by atoms with E-state index in [0.29, 0.717) is 11.5 Å². The van der Waals surface area contributed by atoms with Gasteiger partial charge >= 0.3 is 0 Å². The van der Waals surface area contributed by atoms with Gasteiger partial charge in [0.2, 0.25) is 5.91 Å². The summed E-state index contributed by atoms with van der Waals surface area (Å²) in [5.41, 5.74) is 1.80. The molecule has 6 heteroatoms. The van der Waals surface area contributed by atoms with Gasteiger partial charge in [-0.2, -0.15) is 0 Å². The number of hydrogen-bond donors (Lipinski definition) is 0. The molecule has 2 aromatic rings. The molecular formula is C16H15FN2O2S. The largest absolute Gasteiger partial charge is 0.326 e. The fraction of sp³-hybridized carbons (Fsp3) is 0.250. The summed E-state index contributed by atoms with van der Waals surface area (Å²) >= 11 is 1.40. The van der Waals surface area contributed by atoms with Crippen molar-refractivity contribution in [3.8, 4) is 11.1 Å². The Kier molecular flexibility index (Phi) is 3.70. The van der Waals surface area contributed by atoms with Gasteiger partial charge in [0.1, 0.15) is 12.4 Å². The van der Waals surface area contributed by atoms with Crippen molar-refractivity contribution < 1.29 is 14.0 Å². The minimum atomic E-state index is -0.286. The van der Waals surface area contributed by atoms with Gasteiger partial charge in [0.25, 0.3) is 5.91 Å². The lowest BCUT2D eigenvalue weighted by Gasteiger charge is -2.13. The minimum absolute atomic E-state index is 0.0552. The van der Waals surface area contributed by atoms with Crippen LogP contribution in [0, 0.1) is 12.7 Å². The van der Waals surface area contributed by atoms with Crippen molar-refractivity contribution in [2.24, 2.45) is 0 Å². The molecule has 1 aliphatic rings. The molecule has 1 aliphatic heterocycles. The molecule has 0 saturated carbocycles. The molecule has 22 heavy (non-hydrogen) atoms. The third-order valence-corrected chi connectivity index (χ3v) is 4.74. The van der Waals surface area contributed by atoms with E-state index in [4.69, 9.17) is 0 Å². The molecule has 1 aromatic heterocycles. The molecule has 4 nitrogen and oxygen atoms in total. The van der Waals surface area contributed by atoms with Crippen LogP contribution < -0.4 is 0 Å². The topological polar surface area (TPSA) is 40.6 Å². The zero-order valence-electron chi connectivity index (χ0n) is 12.3. The van der Waals surface area contributed by atoms with E-state index in [0.717, 1.165) is 16.0 Å². The SMILES string of the molecule is Cc1sc(C(=O)N2CC(=O)N(C)C2)cc1-c1ccc(F)cc1. The first-order valence-corrected chi connectivity index (χ1v) is 7.67. The Morgan fingerprint density at radius 1 is 1.27 bits per heavy atom. The number of carbonyl (C=O) groups is 2. The van der Waals surface area contributed by atoms with E-state index in [9.17, 15) is 14.0 Å². The molecule has 0 N–H and O–H groups in total. The van der Waals surface area contributed by atoms with Crippen molar-refractivity contribution >= 4 is 23.2 Å². The number of aryl methyl sites for hydroxylation is 1. The molecule has 0 spiro atoms. The van der Waals surface area contributed by atoms with Crippen LogP contribution in [0.25, 0.3) is 11.1 Å². The molecule has 1 saturated heterocycles. The van der Waals surface area contributed by atoms with E-state index in [1.165, 1.54) is 33.3 Å². The maximum Gasteiger partial charge on any atom is 0.265 e. The van der Waals surface area contributed by atoms with Crippen molar-refractivity contribution in [1.82, 2.24) is 9.80 Å². The number of rotatable bonds is 2. The monoisotopic (exact) mass is 318 g/mol. The van der Waals surface area contributed by atoms with Crippen molar-refractivity contribution in [3.05, 3.63) is 45.9 Å². The van der Waals surface area contributed by atoms with Gasteiger partial charge in [0.05, 0.1) is 11.5 Å². The first kappa shape index (κ1) is 14.7. The van der Waals surface area contributed by atoms with Crippen molar-refractivity contribution in [1.29, 1.82) is 0 Å². The molecule has 0 radical (unpaired) electrons. The smallest absolute Gasteiger partial charge is 0.265 e. The summed E-state index contributed by atoms with van der Waals surface area (Å²) in [6, 6.07) is 8.03. The molecule has 0 atom stereocenters. The van der Waals surface area contributed by atoms with E-state index in [-0.39, 0.29) is 24.2 Å². The van der Waals surface area contributed by atoms with Gasteiger partial charge in [-0.3, -0.25) is 9.59 Å². The zero-order chi connectivity index (χ0) is 15.9. The quantitative estimate of drug-likeness (QED) is 0.854. The number of likely N-dealkylation sites (N-methyl/N-ethyl adjacent to an activating group) is 1. The lowest BCUT2D eigenvalue weighted by atomic mass is 10.1. The van der Waals surface area contributed by atoms with Gasteiger partial charge in [0.15, 0.2) is 0 Å². The van der Waals surface area contributed by atoms with Crippen molar-refractivity contribution in [3.63, 3.8) is 0 Å². The Morgan fingerprint density at radius 2 is 1.95 bits per heavy atom. The summed E-state index contributed by atoms with van der Waals surface area (Å²) < 4.78 is 13.0. The Hall–Kier alpha value is -2.21. The highest BCUT2D eigenvalue weighted by molar-refractivity contribution is 7.14. The number of benzene rings is 1. The molecule has 0 bridgehead atoms. The van der Waals surface area contributed by atoms with Crippen LogP contribution in [0.5, 0.6) is 0 Å². The Bertz CT molecular complexity index is 739.